The Morgan fingerprint density at radius 1 is 1.33 bits per heavy atom. The largest absolute Gasteiger partial charge is 0.447 e. The lowest BCUT2D eigenvalue weighted by atomic mass is 9.95. The minimum atomic E-state index is -0.556. The van der Waals surface area contributed by atoms with Crippen molar-refractivity contribution in [1.82, 2.24) is 5.06 Å². The molecule has 0 aromatic heterocycles. The van der Waals surface area contributed by atoms with Gasteiger partial charge in [-0.2, -0.15) is 0 Å². The third-order valence-electron chi connectivity index (χ3n) is 3.83. The molecule has 1 atom stereocenters. The van der Waals surface area contributed by atoms with E-state index < -0.39 is 12.1 Å². The van der Waals surface area contributed by atoms with Crippen molar-refractivity contribution in [3.63, 3.8) is 0 Å². The summed E-state index contributed by atoms with van der Waals surface area (Å²) >= 11 is 0. The first-order valence-corrected chi connectivity index (χ1v) is 7.83. The molecule has 1 saturated carbocycles. The van der Waals surface area contributed by atoms with E-state index in [0.29, 0.717) is 6.61 Å². The quantitative estimate of drug-likeness (QED) is 0.552. The number of hydrogen-bond donors (Lipinski definition) is 0. The lowest BCUT2D eigenvalue weighted by Crippen LogP contribution is -2.43. The Bertz CT molecular complexity index is 350. The van der Waals surface area contributed by atoms with Crippen LogP contribution in [0.15, 0.2) is 12.7 Å². The Balaban J connectivity index is 2.57. The summed E-state index contributed by atoms with van der Waals surface area (Å²) in [5.41, 5.74) is 0. The molecule has 0 aliphatic heterocycles. The smallest absolute Gasteiger partial charge is 0.443 e. The second-order valence-corrected chi connectivity index (χ2v) is 5.58. The van der Waals surface area contributed by atoms with Gasteiger partial charge in [0, 0.05) is 6.92 Å². The highest BCUT2D eigenvalue weighted by molar-refractivity contribution is 5.71. The molecule has 120 valence electrons. The molecule has 0 aromatic carbocycles. The van der Waals surface area contributed by atoms with Crippen LogP contribution in [0, 0.1) is 5.92 Å². The highest BCUT2D eigenvalue weighted by Crippen LogP contribution is 2.24. The molecule has 0 radical (unpaired) electrons. The van der Waals surface area contributed by atoms with Crippen molar-refractivity contribution in [1.29, 1.82) is 0 Å². The van der Waals surface area contributed by atoms with Crippen LogP contribution in [0.5, 0.6) is 0 Å². The minimum absolute atomic E-state index is 0.0605. The zero-order chi connectivity index (χ0) is 15.7. The molecule has 0 saturated heterocycles. The highest BCUT2D eigenvalue weighted by atomic mass is 16.8. The molecular formula is C16H27NO4. The van der Waals surface area contributed by atoms with Gasteiger partial charge in [0.05, 0.1) is 12.6 Å². The van der Waals surface area contributed by atoms with E-state index in [4.69, 9.17) is 9.57 Å². The average molecular weight is 297 g/mol. The third-order valence-corrected chi connectivity index (χ3v) is 3.83. The molecule has 1 aliphatic rings. The molecule has 1 amide bonds. The second kappa shape index (κ2) is 9.42. The van der Waals surface area contributed by atoms with E-state index >= 15 is 0 Å². The lowest BCUT2D eigenvalue weighted by molar-refractivity contribution is -0.190. The van der Waals surface area contributed by atoms with Gasteiger partial charge in [0.25, 0.3) is 0 Å². The van der Waals surface area contributed by atoms with Crippen LogP contribution in [0.1, 0.15) is 58.8 Å². The summed E-state index contributed by atoms with van der Waals surface area (Å²) in [6.45, 7) is 7.38. The van der Waals surface area contributed by atoms with Crippen LogP contribution in [-0.2, 0) is 14.4 Å². The summed E-state index contributed by atoms with van der Waals surface area (Å²) in [7, 11) is 0. The molecule has 0 heterocycles. The Kier molecular flexibility index (Phi) is 7.87. The van der Waals surface area contributed by atoms with Crippen LogP contribution in [0.25, 0.3) is 0 Å². The van der Waals surface area contributed by atoms with Crippen molar-refractivity contribution in [3.8, 4) is 0 Å². The summed E-state index contributed by atoms with van der Waals surface area (Å²) in [5, 5.41) is 1.14. The van der Waals surface area contributed by atoms with Gasteiger partial charge in [-0.1, -0.05) is 32.3 Å². The van der Waals surface area contributed by atoms with Crippen molar-refractivity contribution in [3.05, 3.63) is 12.7 Å². The number of hydroxylamine groups is 2. The van der Waals surface area contributed by atoms with Gasteiger partial charge >= 0.3 is 12.1 Å². The number of carbonyl (C=O) groups is 2. The van der Waals surface area contributed by atoms with E-state index in [0.717, 1.165) is 50.0 Å². The van der Waals surface area contributed by atoms with E-state index in [1.165, 1.54) is 6.92 Å². The molecule has 0 aromatic rings. The Morgan fingerprint density at radius 3 is 2.52 bits per heavy atom. The normalized spacial score (nSPS) is 16.9. The van der Waals surface area contributed by atoms with Gasteiger partial charge in [-0.15, -0.1) is 11.6 Å². The molecule has 1 unspecified atom stereocenters. The average Bonchev–Trinajstić information content (AvgIpc) is 2.49. The molecule has 1 aliphatic carbocycles. The van der Waals surface area contributed by atoms with Gasteiger partial charge in [-0.25, -0.2) is 4.79 Å². The van der Waals surface area contributed by atoms with E-state index in [-0.39, 0.29) is 12.0 Å². The Hall–Kier alpha value is -1.52. The van der Waals surface area contributed by atoms with Gasteiger partial charge in [0.2, 0.25) is 0 Å². The van der Waals surface area contributed by atoms with Crippen LogP contribution >= 0.6 is 0 Å². The first kappa shape index (κ1) is 17.5. The van der Waals surface area contributed by atoms with Gasteiger partial charge in [-0.3, -0.25) is 4.79 Å². The number of rotatable bonds is 6. The summed E-state index contributed by atoms with van der Waals surface area (Å²) in [6, 6.07) is -0.0605. The monoisotopic (exact) mass is 297 g/mol. The third kappa shape index (κ3) is 6.19. The SMILES string of the molecule is C=CCC(CC)COC(=O)N(OC(C)=O)C1CCCCC1. The fourth-order valence-corrected chi connectivity index (χ4v) is 2.56. The predicted octanol–water partition coefficient (Wildman–Crippen LogP) is 3.84. The van der Waals surface area contributed by atoms with Gasteiger partial charge in [0.15, 0.2) is 0 Å². The summed E-state index contributed by atoms with van der Waals surface area (Å²) in [5.74, 6) is -0.229. The fourth-order valence-electron chi connectivity index (χ4n) is 2.56. The van der Waals surface area contributed by atoms with E-state index in [1.807, 2.05) is 13.0 Å². The van der Waals surface area contributed by atoms with Crippen LogP contribution in [0.4, 0.5) is 4.79 Å². The Morgan fingerprint density at radius 2 is 2.00 bits per heavy atom. The maximum Gasteiger partial charge on any atom is 0.443 e. The van der Waals surface area contributed by atoms with Crippen molar-refractivity contribution < 1.29 is 19.2 Å². The van der Waals surface area contributed by atoms with E-state index in [1.54, 1.807) is 0 Å². The number of amides is 1. The number of carbonyl (C=O) groups excluding carboxylic acids is 2. The predicted molar refractivity (Wildman–Crippen MR) is 80.4 cm³/mol. The lowest BCUT2D eigenvalue weighted by Gasteiger charge is -2.31. The topological polar surface area (TPSA) is 55.8 Å². The fraction of sp³-hybridized carbons (Fsp3) is 0.750. The van der Waals surface area contributed by atoms with Crippen LogP contribution in [0.3, 0.4) is 0 Å². The first-order chi connectivity index (χ1) is 10.1. The summed E-state index contributed by atoms with van der Waals surface area (Å²) in [4.78, 5) is 28.5. The van der Waals surface area contributed by atoms with Gasteiger partial charge in [-0.05, 0) is 31.6 Å². The van der Waals surface area contributed by atoms with Crippen LogP contribution < -0.4 is 0 Å². The van der Waals surface area contributed by atoms with E-state index in [2.05, 4.69) is 6.58 Å². The summed E-state index contributed by atoms with van der Waals surface area (Å²) < 4.78 is 5.33. The molecule has 0 N–H and O–H groups in total. The molecule has 1 rings (SSSR count). The standard InChI is InChI=1S/C16H27NO4/c1-4-9-14(5-2)12-20-16(19)17(21-13(3)18)15-10-7-6-8-11-15/h4,14-15H,1,5-12H2,2-3H3. The van der Waals surface area contributed by atoms with Crippen molar-refractivity contribution in [2.45, 2.75) is 64.8 Å². The maximum absolute atomic E-state index is 12.2. The second-order valence-electron chi connectivity index (χ2n) is 5.58. The molecule has 0 spiro atoms. The van der Waals surface area contributed by atoms with Crippen molar-refractivity contribution in [2.24, 2.45) is 5.92 Å². The highest BCUT2D eigenvalue weighted by Gasteiger charge is 2.30. The number of ether oxygens (including phenoxy) is 1. The minimum Gasteiger partial charge on any atom is -0.447 e. The van der Waals surface area contributed by atoms with Gasteiger partial charge in [0.1, 0.15) is 0 Å². The molecular weight excluding hydrogens is 270 g/mol. The number of nitrogens with zero attached hydrogens (tertiary/aromatic N) is 1. The molecule has 1 fully saturated rings. The van der Waals surface area contributed by atoms with E-state index in [9.17, 15) is 9.59 Å². The van der Waals surface area contributed by atoms with Gasteiger partial charge < -0.3 is 9.57 Å². The molecule has 5 heteroatoms. The maximum atomic E-state index is 12.2. The van der Waals surface area contributed by atoms with Crippen molar-refractivity contribution >= 4 is 12.1 Å². The Labute approximate surface area is 127 Å². The zero-order valence-electron chi connectivity index (χ0n) is 13.2. The summed E-state index contributed by atoms with van der Waals surface area (Å²) in [6.07, 6.45) is 7.95. The first-order valence-electron chi connectivity index (χ1n) is 7.83. The zero-order valence-corrected chi connectivity index (χ0v) is 13.2. The van der Waals surface area contributed by atoms with Crippen LogP contribution in [0.2, 0.25) is 0 Å². The molecule has 5 nitrogen and oxygen atoms in total. The number of allylic oxidation sites excluding steroid dienone is 1. The number of hydrogen-bond acceptors (Lipinski definition) is 4. The van der Waals surface area contributed by atoms with Crippen LogP contribution in [-0.4, -0.2) is 29.8 Å². The van der Waals surface area contributed by atoms with Crippen molar-refractivity contribution in [2.75, 3.05) is 6.61 Å². The molecule has 0 bridgehead atoms. The molecule has 21 heavy (non-hydrogen) atoms.